The lowest BCUT2D eigenvalue weighted by molar-refractivity contribution is -0.390. The summed E-state index contributed by atoms with van der Waals surface area (Å²) in [7, 11) is 0. The van der Waals surface area contributed by atoms with Crippen molar-refractivity contribution in [2.24, 2.45) is 0 Å². The summed E-state index contributed by atoms with van der Waals surface area (Å²) < 4.78 is 5.33. The fourth-order valence-corrected chi connectivity index (χ4v) is 1.74. The Morgan fingerprint density at radius 2 is 2.11 bits per heavy atom. The van der Waals surface area contributed by atoms with Crippen LogP contribution in [0.4, 0.5) is 5.82 Å². The van der Waals surface area contributed by atoms with E-state index in [1.165, 1.54) is 12.3 Å². The molecule has 0 N–H and O–H groups in total. The van der Waals surface area contributed by atoms with Crippen molar-refractivity contribution in [1.82, 2.24) is 9.97 Å². The smallest absolute Gasteiger partial charge is 0.406 e. The molecule has 0 bridgehead atoms. The molecule has 0 aromatic carbocycles. The third-order valence-electron chi connectivity index (χ3n) is 2.20. The van der Waals surface area contributed by atoms with Crippen LogP contribution in [0.1, 0.15) is 5.56 Å². The maximum Gasteiger partial charge on any atom is 0.406 e. The van der Waals surface area contributed by atoms with Gasteiger partial charge in [0.1, 0.15) is 23.1 Å². The van der Waals surface area contributed by atoms with Gasteiger partial charge in [-0.1, -0.05) is 23.2 Å². The van der Waals surface area contributed by atoms with Gasteiger partial charge in [0.15, 0.2) is 0 Å². The Kier molecular flexibility index (Phi) is 4.13. The van der Waals surface area contributed by atoms with Crippen LogP contribution < -0.4 is 4.74 Å². The summed E-state index contributed by atoms with van der Waals surface area (Å²) in [5.41, 5.74) is 0.573. The van der Waals surface area contributed by atoms with Crippen LogP contribution in [-0.2, 0) is 6.61 Å². The highest BCUT2D eigenvalue weighted by Crippen LogP contribution is 2.25. The number of pyridine rings is 2. The normalized spacial score (nSPS) is 10.2. The molecule has 0 amide bonds. The van der Waals surface area contributed by atoms with Crippen LogP contribution in [0.5, 0.6) is 5.75 Å². The Hall–Kier alpha value is -1.92. The summed E-state index contributed by atoms with van der Waals surface area (Å²) in [5, 5.41) is 11.2. The molecule has 2 aromatic rings. The van der Waals surface area contributed by atoms with Crippen molar-refractivity contribution in [3.63, 3.8) is 0 Å². The molecule has 98 valence electrons. The monoisotopic (exact) mass is 299 g/mol. The average Bonchev–Trinajstić information content (AvgIpc) is 2.38. The molecule has 0 aliphatic rings. The van der Waals surface area contributed by atoms with Crippen molar-refractivity contribution < 1.29 is 9.66 Å². The summed E-state index contributed by atoms with van der Waals surface area (Å²) in [6, 6.07) is 6.20. The molecule has 2 aromatic heterocycles. The molecule has 0 radical (unpaired) electrons. The number of halogens is 2. The second-order valence-corrected chi connectivity index (χ2v) is 4.20. The van der Waals surface area contributed by atoms with Gasteiger partial charge in [-0.15, -0.1) is 0 Å². The summed E-state index contributed by atoms with van der Waals surface area (Å²) in [6.07, 6.45) is 1.32. The zero-order valence-corrected chi connectivity index (χ0v) is 10.9. The van der Waals surface area contributed by atoms with E-state index in [1.807, 2.05) is 0 Å². The van der Waals surface area contributed by atoms with Gasteiger partial charge in [-0.25, -0.2) is 4.98 Å². The van der Waals surface area contributed by atoms with Gasteiger partial charge in [0.25, 0.3) is 0 Å². The fourth-order valence-electron chi connectivity index (χ4n) is 1.34. The summed E-state index contributed by atoms with van der Waals surface area (Å²) >= 11 is 11.5. The molecular formula is C11H7Cl2N3O3. The Balaban J connectivity index is 2.17. The van der Waals surface area contributed by atoms with E-state index in [0.717, 1.165) is 0 Å². The Labute approximate surface area is 118 Å². The number of hydrogen-bond donors (Lipinski definition) is 0. The standard InChI is InChI=1S/C11H7Cl2N3O3/c12-9-4-3-7(10(13)15-9)6-19-8-2-1-5-14-11(8)16(17)18/h1-5H,6H2. The minimum atomic E-state index is -0.614. The average molecular weight is 300 g/mol. The first-order valence-corrected chi connectivity index (χ1v) is 5.86. The highest BCUT2D eigenvalue weighted by atomic mass is 35.5. The lowest BCUT2D eigenvalue weighted by Crippen LogP contribution is -2.01. The third-order valence-corrected chi connectivity index (χ3v) is 2.74. The van der Waals surface area contributed by atoms with Crippen LogP contribution in [-0.4, -0.2) is 14.9 Å². The first kappa shape index (κ1) is 13.5. The molecular weight excluding hydrogens is 293 g/mol. The molecule has 0 aliphatic carbocycles. The predicted molar refractivity (Wildman–Crippen MR) is 69.5 cm³/mol. The number of ether oxygens (including phenoxy) is 1. The lowest BCUT2D eigenvalue weighted by atomic mass is 10.3. The molecule has 0 unspecified atom stereocenters. The van der Waals surface area contributed by atoms with Crippen molar-refractivity contribution in [2.75, 3.05) is 0 Å². The maximum absolute atomic E-state index is 10.8. The van der Waals surface area contributed by atoms with E-state index >= 15 is 0 Å². The van der Waals surface area contributed by atoms with Crippen LogP contribution >= 0.6 is 23.2 Å². The highest BCUT2D eigenvalue weighted by Gasteiger charge is 2.16. The van der Waals surface area contributed by atoms with Gasteiger partial charge in [-0.3, -0.25) is 0 Å². The van der Waals surface area contributed by atoms with E-state index in [4.69, 9.17) is 27.9 Å². The van der Waals surface area contributed by atoms with Gasteiger partial charge in [-0.05, 0) is 34.2 Å². The molecule has 0 fully saturated rings. The van der Waals surface area contributed by atoms with Crippen LogP contribution in [0, 0.1) is 10.1 Å². The SMILES string of the molecule is O=[N+]([O-])c1ncccc1OCc1ccc(Cl)nc1Cl. The Morgan fingerprint density at radius 3 is 2.79 bits per heavy atom. The summed E-state index contributed by atoms with van der Waals surface area (Å²) in [4.78, 5) is 17.6. The van der Waals surface area contributed by atoms with E-state index in [-0.39, 0.29) is 28.5 Å². The molecule has 0 saturated carbocycles. The van der Waals surface area contributed by atoms with Gasteiger partial charge in [-0.2, -0.15) is 0 Å². The summed E-state index contributed by atoms with van der Waals surface area (Å²) in [5.74, 6) is -0.279. The van der Waals surface area contributed by atoms with Gasteiger partial charge < -0.3 is 14.9 Å². The number of aromatic nitrogens is 2. The van der Waals surface area contributed by atoms with Crippen LogP contribution in [0.2, 0.25) is 10.3 Å². The zero-order valence-electron chi connectivity index (χ0n) is 9.42. The Bertz CT molecular complexity index is 622. The van der Waals surface area contributed by atoms with Crippen molar-refractivity contribution in [3.8, 4) is 5.75 Å². The van der Waals surface area contributed by atoms with E-state index in [9.17, 15) is 10.1 Å². The maximum atomic E-state index is 10.8. The van der Waals surface area contributed by atoms with Crippen molar-refractivity contribution in [3.05, 3.63) is 56.4 Å². The van der Waals surface area contributed by atoms with E-state index in [0.29, 0.717) is 5.56 Å². The molecule has 2 rings (SSSR count). The van der Waals surface area contributed by atoms with Crippen molar-refractivity contribution in [2.45, 2.75) is 6.61 Å². The minimum Gasteiger partial charge on any atom is -0.481 e. The molecule has 2 heterocycles. The first-order valence-electron chi connectivity index (χ1n) is 5.11. The second-order valence-electron chi connectivity index (χ2n) is 3.45. The molecule has 19 heavy (non-hydrogen) atoms. The lowest BCUT2D eigenvalue weighted by Gasteiger charge is -2.07. The minimum absolute atomic E-state index is 0.0372. The number of rotatable bonds is 4. The van der Waals surface area contributed by atoms with Crippen molar-refractivity contribution >= 4 is 29.0 Å². The molecule has 6 nitrogen and oxygen atoms in total. The Morgan fingerprint density at radius 1 is 1.32 bits per heavy atom. The third kappa shape index (κ3) is 3.30. The molecule has 0 atom stereocenters. The second kappa shape index (κ2) is 5.81. The van der Waals surface area contributed by atoms with E-state index < -0.39 is 4.92 Å². The molecule has 0 saturated heterocycles. The van der Waals surface area contributed by atoms with Crippen LogP contribution in [0.15, 0.2) is 30.5 Å². The summed E-state index contributed by atoms with van der Waals surface area (Å²) in [6.45, 7) is 0.0372. The fraction of sp³-hybridized carbons (Fsp3) is 0.0909. The van der Waals surface area contributed by atoms with Gasteiger partial charge >= 0.3 is 5.82 Å². The molecule has 8 heteroatoms. The van der Waals surface area contributed by atoms with Crippen LogP contribution in [0.3, 0.4) is 0 Å². The zero-order chi connectivity index (χ0) is 13.8. The first-order chi connectivity index (χ1) is 9.08. The highest BCUT2D eigenvalue weighted by molar-refractivity contribution is 6.32. The number of nitrogens with zero attached hydrogens (tertiary/aromatic N) is 3. The molecule has 0 aliphatic heterocycles. The van der Waals surface area contributed by atoms with E-state index in [2.05, 4.69) is 9.97 Å². The quantitative estimate of drug-likeness (QED) is 0.492. The van der Waals surface area contributed by atoms with E-state index in [1.54, 1.807) is 18.2 Å². The van der Waals surface area contributed by atoms with Crippen LogP contribution in [0.25, 0.3) is 0 Å². The predicted octanol–water partition coefficient (Wildman–Crippen LogP) is 3.27. The molecule has 0 spiro atoms. The van der Waals surface area contributed by atoms with Gasteiger partial charge in [0.05, 0.1) is 0 Å². The number of nitro groups is 1. The topological polar surface area (TPSA) is 78.2 Å². The number of hydrogen-bond acceptors (Lipinski definition) is 5. The van der Waals surface area contributed by atoms with Gasteiger partial charge in [0, 0.05) is 5.56 Å². The van der Waals surface area contributed by atoms with Gasteiger partial charge in [0.2, 0.25) is 5.75 Å². The largest absolute Gasteiger partial charge is 0.481 e. The van der Waals surface area contributed by atoms with Crippen molar-refractivity contribution in [1.29, 1.82) is 0 Å².